The molecule has 0 spiro atoms. The van der Waals surface area contributed by atoms with Gasteiger partial charge in [0.25, 0.3) is 0 Å². The molecule has 1 aromatic heterocycles. The maximum Gasteiger partial charge on any atom is 0.123 e. The zero-order chi connectivity index (χ0) is 17.6. The van der Waals surface area contributed by atoms with Crippen LogP contribution in [-0.2, 0) is 13.1 Å². The third-order valence-corrected chi connectivity index (χ3v) is 5.87. The standard InChI is InChI=1S/C22H25N3S/c1-3-7-18(8-4-1)15-25-12-11-19(16-25)13-23-14-21-17-26-22(24-21)20-9-5-2-6-10-20/h1-10,17,19,23H,11-16H2/t19-/m1/s1. The smallest absolute Gasteiger partial charge is 0.123 e. The van der Waals surface area contributed by atoms with Crippen LogP contribution >= 0.6 is 11.3 Å². The van der Waals surface area contributed by atoms with Crippen LogP contribution in [0.1, 0.15) is 17.7 Å². The van der Waals surface area contributed by atoms with E-state index >= 15 is 0 Å². The number of likely N-dealkylation sites (tertiary alicyclic amines) is 1. The van der Waals surface area contributed by atoms with Crippen molar-refractivity contribution in [3.63, 3.8) is 0 Å². The van der Waals surface area contributed by atoms with Gasteiger partial charge < -0.3 is 5.32 Å². The molecule has 2 aromatic carbocycles. The number of nitrogens with one attached hydrogen (secondary N) is 1. The maximum absolute atomic E-state index is 4.76. The summed E-state index contributed by atoms with van der Waals surface area (Å²) in [5, 5.41) is 6.89. The van der Waals surface area contributed by atoms with Crippen LogP contribution in [-0.4, -0.2) is 29.5 Å². The molecular formula is C22H25N3S. The molecule has 2 heterocycles. The molecule has 26 heavy (non-hydrogen) atoms. The minimum Gasteiger partial charge on any atom is -0.311 e. The summed E-state index contributed by atoms with van der Waals surface area (Å²) >= 11 is 1.73. The first-order valence-electron chi connectivity index (χ1n) is 9.33. The van der Waals surface area contributed by atoms with Gasteiger partial charge in [-0.3, -0.25) is 4.90 Å². The summed E-state index contributed by atoms with van der Waals surface area (Å²) in [7, 11) is 0. The topological polar surface area (TPSA) is 28.2 Å². The van der Waals surface area contributed by atoms with E-state index in [1.165, 1.54) is 30.6 Å². The highest BCUT2D eigenvalue weighted by molar-refractivity contribution is 7.13. The van der Waals surface area contributed by atoms with Crippen LogP contribution in [0.25, 0.3) is 10.6 Å². The van der Waals surface area contributed by atoms with Gasteiger partial charge in [-0.25, -0.2) is 4.98 Å². The van der Waals surface area contributed by atoms with E-state index in [-0.39, 0.29) is 0 Å². The molecule has 0 bridgehead atoms. The van der Waals surface area contributed by atoms with Gasteiger partial charge in [-0.15, -0.1) is 11.3 Å². The summed E-state index contributed by atoms with van der Waals surface area (Å²) in [4.78, 5) is 7.33. The first-order chi connectivity index (χ1) is 12.9. The lowest BCUT2D eigenvalue weighted by atomic mass is 10.1. The van der Waals surface area contributed by atoms with Crippen molar-refractivity contribution < 1.29 is 0 Å². The first kappa shape index (κ1) is 17.4. The number of nitrogens with zero attached hydrogens (tertiary/aromatic N) is 2. The molecule has 1 saturated heterocycles. The Morgan fingerprint density at radius 1 is 1.04 bits per heavy atom. The highest BCUT2D eigenvalue weighted by Gasteiger charge is 2.22. The molecule has 1 aliphatic heterocycles. The summed E-state index contributed by atoms with van der Waals surface area (Å²) in [5.41, 5.74) is 3.76. The van der Waals surface area contributed by atoms with Crippen molar-refractivity contribution in [2.45, 2.75) is 19.5 Å². The number of benzene rings is 2. The largest absolute Gasteiger partial charge is 0.311 e. The Morgan fingerprint density at radius 3 is 2.62 bits per heavy atom. The van der Waals surface area contributed by atoms with Crippen LogP contribution in [0.4, 0.5) is 0 Å². The molecular weight excluding hydrogens is 338 g/mol. The molecule has 3 nitrogen and oxygen atoms in total. The monoisotopic (exact) mass is 363 g/mol. The van der Waals surface area contributed by atoms with Crippen molar-refractivity contribution in [2.24, 2.45) is 5.92 Å². The predicted molar refractivity (Wildman–Crippen MR) is 109 cm³/mol. The summed E-state index contributed by atoms with van der Waals surface area (Å²) in [6, 6.07) is 21.2. The second kappa shape index (κ2) is 8.58. The van der Waals surface area contributed by atoms with Gasteiger partial charge in [0.15, 0.2) is 0 Å². The highest BCUT2D eigenvalue weighted by Crippen LogP contribution is 2.23. The SMILES string of the molecule is c1ccc(CN2CC[C@H](CNCc3csc(-c4ccccc4)n3)C2)cc1. The van der Waals surface area contributed by atoms with E-state index in [2.05, 4.69) is 70.2 Å². The molecule has 1 fully saturated rings. The van der Waals surface area contributed by atoms with Crippen LogP contribution in [0.15, 0.2) is 66.0 Å². The van der Waals surface area contributed by atoms with Gasteiger partial charge in [-0.1, -0.05) is 60.7 Å². The lowest BCUT2D eigenvalue weighted by Gasteiger charge is -2.16. The Morgan fingerprint density at radius 2 is 1.81 bits per heavy atom. The normalized spacial score (nSPS) is 17.6. The lowest BCUT2D eigenvalue weighted by molar-refractivity contribution is 0.314. The summed E-state index contributed by atoms with van der Waals surface area (Å²) in [6.07, 6.45) is 1.28. The molecule has 0 radical (unpaired) electrons. The van der Waals surface area contributed by atoms with Crippen molar-refractivity contribution in [2.75, 3.05) is 19.6 Å². The van der Waals surface area contributed by atoms with Gasteiger partial charge >= 0.3 is 0 Å². The summed E-state index contributed by atoms with van der Waals surface area (Å²) < 4.78 is 0. The maximum atomic E-state index is 4.76. The van der Waals surface area contributed by atoms with Crippen LogP contribution in [0.2, 0.25) is 0 Å². The Labute approximate surface area is 159 Å². The molecule has 134 valence electrons. The summed E-state index contributed by atoms with van der Waals surface area (Å²) in [5.74, 6) is 0.742. The van der Waals surface area contributed by atoms with Crippen LogP contribution in [0.3, 0.4) is 0 Å². The van der Waals surface area contributed by atoms with Gasteiger partial charge in [0.05, 0.1) is 5.69 Å². The highest BCUT2D eigenvalue weighted by atomic mass is 32.1. The quantitative estimate of drug-likeness (QED) is 0.673. The van der Waals surface area contributed by atoms with Gasteiger partial charge in [-0.2, -0.15) is 0 Å². The fourth-order valence-corrected chi connectivity index (χ4v) is 4.40. The second-order valence-electron chi connectivity index (χ2n) is 7.02. The van der Waals surface area contributed by atoms with E-state index in [1.807, 2.05) is 6.07 Å². The van der Waals surface area contributed by atoms with Crippen LogP contribution in [0, 0.1) is 5.92 Å². The average molecular weight is 364 g/mol. The van der Waals surface area contributed by atoms with Gasteiger partial charge in [0.2, 0.25) is 0 Å². The Hall–Kier alpha value is -2.01. The van der Waals surface area contributed by atoms with E-state index in [0.29, 0.717) is 0 Å². The second-order valence-corrected chi connectivity index (χ2v) is 7.87. The minimum atomic E-state index is 0.742. The van der Waals surface area contributed by atoms with Crippen molar-refractivity contribution in [3.8, 4) is 10.6 Å². The minimum absolute atomic E-state index is 0.742. The number of hydrogen-bond donors (Lipinski definition) is 1. The van der Waals surface area contributed by atoms with Crippen molar-refractivity contribution in [3.05, 3.63) is 77.3 Å². The van der Waals surface area contributed by atoms with E-state index in [0.717, 1.165) is 36.3 Å². The van der Waals surface area contributed by atoms with Crippen molar-refractivity contribution >= 4 is 11.3 Å². The lowest BCUT2D eigenvalue weighted by Crippen LogP contribution is -2.26. The van der Waals surface area contributed by atoms with Crippen LogP contribution in [0.5, 0.6) is 0 Å². The number of rotatable bonds is 7. The number of hydrogen-bond acceptors (Lipinski definition) is 4. The van der Waals surface area contributed by atoms with Crippen molar-refractivity contribution in [1.29, 1.82) is 0 Å². The Balaban J connectivity index is 1.21. The fourth-order valence-electron chi connectivity index (χ4n) is 3.57. The summed E-state index contributed by atoms with van der Waals surface area (Å²) in [6.45, 7) is 5.40. The fraction of sp³-hybridized carbons (Fsp3) is 0.318. The molecule has 0 unspecified atom stereocenters. The molecule has 0 aliphatic carbocycles. The Kier molecular flexibility index (Phi) is 5.75. The third-order valence-electron chi connectivity index (χ3n) is 4.93. The van der Waals surface area contributed by atoms with Gasteiger partial charge in [0.1, 0.15) is 5.01 Å². The predicted octanol–water partition coefficient (Wildman–Crippen LogP) is 4.42. The van der Waals surface area contributed by atoms with Crippen molar-refractivity contribution in [1.82, 2.24) is 15.2 Å². The zero-order valence-electron chi connectivity index (χ0n) is 15.0. The molecule has 0 saturated carbocycles. The van der Waals surface area contributed by atoms with E-state index in [4.69, 9.17) is 4.98 Å². The van der Waals surface area contributed by atoms with E-state index in [1.54, 1.807) is 11.3 Å². The molecule has 1 atom stereocenters. The van der Waals surface area contributed by atoms with Gasteiger partial charge in [0, 0.05) is 30.6 Å². The third kappa shape index (κ3) is 4.58. The molecule has 3 aromatic rings. The van der Waals surface area contributed by atoms with Crippen LogP contribution < -0.4 is 5.32 Å². The number of thiazole rings is 1. The van der Waals surface area contributed by atoms with Gasteiger partial charge in [-0.05, 0) is 31.0 Å². The molecule has 4 heteroatoms. The molecule has 0 amide bonds. The zero-order valence-corrected chi connectivity index (χ0v) is 15.8. The Bertz CT molecular complexity index is 801. The first-order valence-corrected chi connectivity index (χ1v) is 10.2. The van der Waals surface area contributed by atoms with E-state index < -0.39 is 0 Å². The molecule has 4 rings (SSSR count). The van der Waals surface area contributed by atoms with E-state index in [9.17, 15) is 0 Å². The number of aromatic nitrogens is 1. The average Bonchev–Trinajstić information content (AvgIpc) is 3.33. The molecule has 1 N–H and O–H groups in total. The molecule has 1 aliphatic rings.